The summed E-state index contributed by atoms with van der Waals surface area (Å²) in [7, 11) is 5.47. The van der Waals surface area contributed by atoms with E-state index in [9.17, 15) is 4.79 Å². The molecule has 1 heterocycles. The van der Waals surface area contributed by atoms with Gasteiger partial charge in [-0.2, -0.15) is 0 Å². The summed E-state index contributed by atoms with van der Waals surface area (Å²) in [6.45, 7) is 6.07. The van der Waals surface area contributed by atoms with Gasteiger partial charge < -0.3 is 4.74 Å². The van der Waals surface area contributed by atoms with Crippen LogP contribution in [0, 0.1) is 11.3 Å². The molecule has 2 radical (unpaired) electrons. The maximum absolute atomic E-state index is 11.1. The van der Waals surface area contributed by atoms with Crippen LogP contribution in [0.15, 0.2) is 0 Å². The van der Waals surface area contributed by atoms with E-state index >= 15 is 0 Å². The van der Waals surface area contributed by atoms with Gasteiger partial charge in [0.15, 0.2) is 0 Å². The van der Waals surface area contributed by atoms with E-state index < -0.39 is 0 Å². The molecule has 11 heavy (non-hydrogen) atoms. The summed E-state index contributed by atoms with van der Waals surface area (Å²) in [6.07, 6.45) is 0.655. The topological polar surface area (TPSA) is 26.3 Å². The van der Waals surface area contributed by atoms with E-state index in [1.807, 2.05) is 20.8 Å². The molecule has 3 heteroatoms. The van der Waals surface area contributed by atoms with E-state index in [0.29, 0.717) is 6.42 Å². The van der Waals surface area contributed by atoms with Gasteiger partial charge in [0.25, 0.3) is 0 Å². The maximum Gasteiger partial charge on any atom is 0.309 e. The molecule has 2 atom stereocenters. The van der Waals surface area contributed by atoms with Crippen molar-refractivity contribution in [3.8, 4) is 0 Å². The Balaban J connectivity index is 2.68. The molecule has 1 aliphatic rings. The predicted molar refractivity (Wildman–Crippen MR) is 43.2 cm³/mol. The Labute approximate surface area is 68.7 Å². The lowest BCUT2D eigenvalue weighted by Gasteiger charge is -2.22. The fraction of sp³-hybridized carbons (Fsp3) is 0.875. The molecule has 1 rings (SSSR count). The molecule has 0 aliphatic carbocycles. The molecule has 0 bridgehead atoms. The molecule has 0 aromatic rings. The summed E-state index contributed by atoms with van der Waals surface area (Å²) < 4.78 is 4.84. The Morgan fingerprint density at radius 1 is 1.55 bits per heavy atom. The van der Waals surface area contributed by atoms with Crippen molar-refractivity contribution in [2.24, 2.45) is 11.3 Å². The molecule has 0 saturated carbocycles. The van der Waals surface area contributed by atoms with E-state index in [-0.39, 0.29) is 23.3 Å². The van der Waals surface area contributed by atoms with Crippen LogP contribution in [-0.2, 0) is 9.53 Å². The summed E-state index contributed by atoms with van der Waals surface area (Å²) >= 11 is 0. The molecule has 0 amide bonds. The van der Waals surface area contributed by atoms with Gasteiger partial charge in [0.2, 0.25) is 0 Å². The molecule has 0 spiro atoms. The third kappa shape index (κ3) is 1.76. The minimum absolute atomic E-state index is 0.0226. The number of hydrogen-bond acceptors (Lipinski definition) is 2. The Hall–Kier alpha value is -0.465. The summed E-state index contributed by atoms with van der Waals surface area (Å²) in [5, 5.41) is 0. The number of hydrogen-bond donors (Lipinski definition) is 0. The zero-order chi connectivity index (χ0) is 8.65. The Bertz CT molecular complexity index is 171. The number of carbonyl (C=O) groups is 1. The molecule has 1 aliphatic heterocycles. The summed E-state index contributed by atoms with van der Waals surface area (Å²) in [6, 6.07) is -0.383. The van der Waals surface area contributed by atoms with Gasteiger partial charge in [-0.15, -0.1) is 0 Å². The van der Waals surface area contributed by atoms with Gasteiger partial charge in [0.05, 0.1) is 11.9 Å². The van der Waals surface area contributed by atoms with Gasteiger partial charge in [-0.05, 0) is 11.8 Å². The third-order valence-electron chi connectivity index (χ3n) is 2.07. The largest absolute Gasteiger partial charge is 0.473 e. The van der Waals surface area contributed by atoms with Crippen LogP contribution in [0.1, 0.15) is 27.2 Å². The number of esters is 1. The quantitative estimate of drug-likeness (QED) is 0.383. The highest BCUT2D eigenvalue weighted by Crippen LogP contribution is 2.35. The van der Waals surface area contributed by atoms with Crippen molar-refractivity contribution in [2.45, 2.75) is 33.2 Å². The molecule has 0 aromatic heterocycles. The van der Waals surface area contributed by atoms with Crippen LogP contribution in [0.25, 0.3) is 0 Å². The smallest absolute Gasteiger partial charge is 0.309 e. The van der Waals surface area contributed by atoms with Gasteiger partial charge in [0.1, 0.15) is 7.85 Å². The van der Waals surface area contributed by atoms with Crippen molar-refractivity contribution in [1.82, 2.24) is 0 Å². The number of ether oxygens (including phenoxy) is 1. The Kier molecular flexibility index (Phi) is 1.99. The van der Waals surface area contributed by atoms with Crippen LogP contribution in [-0.4, -0.2) is 19.8 Å². The highest BCUT2D eigenvalue weighted by molar-refractivity contribution is 6.12. The first kappa shape index (κ1) is 8.63. The lowest BCUT2D eigenvalue weighted by Crippen LogP contribution is -2.24. The fourth-order valence-corrected chi connectivity index (χ4v) is 1.32. The lowest BCUT2D eigenvalue weighted by atomic mass is 9.77. The first-order chi connectivity index (χ1) is 4.91. The molecule has 1 saturated heterocycles. The van der Waals surface area contributed by atoms with E-state index in [2.05, 4.69) is 0 Å². The van der Waals surface area contributed by atoms with Gasteiger partial charge in [-0.3, -0.25) is 4.79 Å². The predicted octanol–water partition coefficient (Wildman–Crippen LogP) is 1.09. The zero-order valence-electron chi connectivity index (χ0n) is 7.26. The normalized spacial score (nSPS) is 32.1. The van der Waals surface area contributed by atoms with E-state index in [4.69, 9.17) is 12.6 Å². The highest BCUT2D eigenvalue weighted by Gasteiger charge is 2.39. The second-order valence-corrected chi connectivity index (χ2v) is 4.13. The lowest BCUT2D eigenvalue weighted by molar-refractivity contribution is -0.144. The Morgan fingerprint density at radius 3 is 2.27 bits per heavy atom. The SMILES string of the molecule is [B]C1CC(C(C)(C)C)C(=O)O1. The molecule has 2 unspecified atom stereocenters. The van der Waals surface area contributed by atoms with Crippen molar-refractivity contribution in [1.29, 1.82) is 0 Å². The van der Waals surface area contributed by atoms with Crippen LogP contribution < -0.4 is 0 Å². The average Bonchev–Trinajstić information content (AvgIpc) is 2.08. The average molecular weight is 152 g/mol. The summed E-state index contributed by atoms with van der Waals surface area (Å²) in [5.41, 5.74) is -0.0226. The van der Waals surface area contributed by atoms with Gasteiger partial charge in [0, 0.05) is 0 Å². The first-order valence-electron chi connectivity index (χ1n) is 3.87. The summed E-state index contributed by atoms with van der Waals surface area (Å²) in [5.74, 6) is -0.178. The van der Waals surface area contributed by atoms with Crippen LogP contribution >= 0.6 is 0 Å². The highest BCUT2D eigenvalue weighted by atomic mass is 16.5. The minimum Gasteiger partial charge on any atom is -0.473 e. The van der Waals surface area contributed by atoms with E-state index in [1.165, 1.54) is 0 Å². The number of cyclic esters (lactones) is 1. The molecule has 2 nitrogen and oxygen atoms in total. The third-order valence-corrected chi connectivity index (χ3v) is 2.07. The fourth-order valence-electron chi connectivity index (χ4n) is 1.32. The van der Waals surface area contributed by atoms with Crippen molar-refractivity contribution in [3.05, 3.63) is 0 Å². The van der Waals surface area contributed by atoms with Crippen molar-refractivity contribution in [3.63, 3.8) is 0 Å². The van der Waals surface area contributed by atoms with Crippen LogP contribution in [0.2, 0.25) is 0 Å². The van der Waals surface area contributed by atoms with Crippen LogP contribution in [0.3, 0.4) is 0 Å². The number of carbonyl (C=O) groups excluding carboxylic acids is 1. The maximum atomic E-state index is 11.1. The molecular weight excluding hydrogens is 139 g/mol. The van der Waals surface area contributed by atoms with Crippen LogP contribution in [0.5, 0.6) is 0 Å². The van der Waals surface area contributed by atoms with Crippen molar-refractivity contribution >= 4 is 13.8 Å². The molecule has 60 valence electrons. The number of rotatable bonds is 0. The molecule has 0 aromatic carbocycles. The Morgan fingerprint density at radius 2 is 2.09 bits per heavy atom. The second kappa shape index (κ2) is 2.54. The molecular formula is C8H13BO2. The standard InChI is InChI=1S/C8H13BO2/c1-8(2,3)5-4-6(9)11-7(5)10/h5-6H,4H2,1-3H3. The second-order valence-electron chi connectivity index (χ2n) is 4.13. The molecule has 0 N–H and O–H groups in total. The van der Waals surface area contributed by atoms with Gasteiger partial charge in [-0.1, -0.05) is 20.8 Å². The van der Waals surface area contributed by atoms with Crippen LogP contribution in [0.4, 0.5) is 0 Å². The molecule has 1 fully saturated rings. The van der Waals surface area contributed by atoms with Gasteiger partial charge >= 0.3 is 5.97 Å². The van der Waals surface area contributed by atoms with E-state index in [1.54, 1.807) is 0 Å². The monoisotopic (exact) mass is 152 g/mol. The van der Waals surface area contributed by atoms with Crippen molar-refractivity contribution in [2.75, 3.05) is 0 Å². The zero-order valence-corrected chi connectivity index (χ0v) is 7.26. The minimum atomic E-state index is -0.383. The first-order valence-corrected chi connectivity index (χ1v) is 3.87. The summed E-state index contributed by atoms with van der Waals surface area (Å²) in [4.78, 5) is 11.1. The van der Waals surface area contributed by atoms with Crippen molar-refractivity contribution < 1.29 is 9.53 Å². The van der Waals surface area contributed by atoms with E-state index in [0.717, 1.165) is 0 Å². The van der Waals surface area contributed by atoms with Gasteiger partial charge in [-0.25, -0.2) is 0 Å².